The Morgan fingerprint density at radius 1 is 1.09 bits per heavy atom. The molecule has 1 aliphatic carbocycles. The fourth-order valence-electron chi connectivity index (χ4n) is 2.35. The van der Waals surface area contributed by atoms with Crippen LogP contribution >= 0.6 is 0 Å². The molecule has 3 rings (SSSR count). The van der Waals surface area contributed by atoms with Crippen LogP contribution in [-0.4, -0.2) is 11.9 Å². The molecule has 2 aromatic carbocycles. The van der Waals surface area contributed by atoms with Crippen molar-refractivity contribution in [3.8, 4) is 0 Å². The lowest BCUT2D eigenvalue weighted by atomic mass is 10.1. The molecule has 0 radical (unpaired) electrons. The van der Waals surface area contributed by atoms with Crippen LogP contribution < -0.4 is 10.6 Å². The third-order valence-electron chi connectivity index (χ3n) is 3.74. The molecule has 0 spiro atoms. The van der Waals surface area contributed by atoms with Gasteiger partial charge in [-0.3, -0.25) is 10.1 Å². The van der Waals surface area contributed by atoms with Gasteiger partial charge in [-0.1, -0.05) is 42.5 Å². The molecule has 1 fully saturated rings. The van der Waals surface area contributed by atoms with Crippen molar-refractivity contribution in [1.29, 1.82) is 0 Å². The van der Waals surface area contributed by atoms with Gasteiger partial charge in [0.05, 0.1) is 0 Å². The Hall–Kier alpha value is -2.20. The first-order valence-corrected chi connectivity index (χ1v) is 7.55. The summed E-state index contributed by atoms with van der Waals surface area (Å²) in [6, 6.07) is 15.8. The Bertz CT molecular complexity index is 623. The van der Waals surface area contributed by atoms with E-state index >= 15 is 0 Å². The predicted molar refractivity (Wildman–Crippen MR) is 83.6 cm³/mol. The molecule has 4 heteroatoms. The van der Waals surface area contributed by atoms with Crippen molar-refractivity contribution in [3.05, 3.63) is 71.5 Å². The van der Waals surface area contributed by atoms with E-state index in [9.17, 15) is 9.18 Å². The van der Waals surface area contributed by atoms with Crippen LogP contribution in [0.4, 0.5) is 4.39 Å². The summed E-state index contributed by atoms with van der Waals surface area (Å²) in [7, 11) is 0. The Labute approximate surface area is 129 Å². The predicted octanol–water partition coefficient (Wildman–Crippen LogP) is 2.94. The number of rotatable bonds is 6. The van der Waals surface area contributed by atoms with Crippen molar-refractivity contribution < 1.29 is 9.18 Å². The first-order valence-electron chi connectivity index (χ1n) is 7.55. The summed E-state index contributed by atoms with van der Waals surface area (Å²) in [5.74, 6) is -0.349. The Balaban J connectivity index is 1.72. The van der Waals surface area contributed by atoms with E-state index in [1.165, 1.54) is 12.1 Å². The van der Waals surface area contributed by atoms with Crippen molar-refractivity contribution in [1.82, 2.24) is 10.6 Å². The number of carbonyl (C=O) groups excluding carboxylic acids is 1. The van der Waals surface area contributed by atoms with Gasteiger partial charge in [0, 0.05) is 12.6 Å². The molecule has 2 N–H and O–H groups in total. The number of hydrogen-bond donors (Lipinski definition) is 2. The Kier molecular flexibility index (Phi) is 4.49. The molecule has 0 aromatic heterocycles. The molecule has 1 amide bonds. The van der Waals surface area contributed by atoms with Crippen LogP contribution in [0.5, 0.6) is 0 Å². The lowest BCUT2D eigenvalue weighted by molar-refractivity contribution is -0.123. The number of nitrogens with one attached hydrogen (secondary N) is 2. The van der Waals surface area contributed by atoms with E-state index in [0.29, 0.717) is 12.6 Å². The molecular weight excluding hydrogens is 279 g/mol. The largest absolute Gasteiger partial charge is 0.352 e. The maximum Gasteiger partial charge on any atom is 0.241 e. The molecule has 0 bridgehead atoms. The zero-order chi connectivity index (χ0) is 15.4. The van der Waals surface area contributed by atoms with Gasteiger partial charge in [0.25, 0.3) is 0 Å². The number of amides is 1. The third kappa shape index (κ3) is 3.92. The zero-order valence-corrected chi connectivity index (χ0v) is 12.3. The summed E-state index contributed by atoms with van der Waals surface area (Å²) in [6.07, 6.45) is 2.08. The summed E-state index contributed by atoms with van der Waals surface area (Å²) in [6.45, 7) is 0.584. The van der Waals surface area contributed by atoms with E-state index in [1.807, 2.05) is 30.3 Å². The topological polar surface area (TPSA) is 41.1 Å². The average molecular weight is 298 g/mol. The summed E-state index contributed by atoms with van der Waals surface area (Å²) in [5.41, 5.74) is 1.88. The highest BCUT2D eigenvalue weighted by atomic mass is 19.1. The second-order valence-corrected chi connectivity index (χ2v) is 5.63. The molecular formula is C18H19FN2O. The van der Waals surface area contributed by atoms with E-state index < -0.39 is 6.04 Å². The van der Waals surface area contributed by atoms with Crippen LogP contribution in [-0.2, 0) is 11.3 Å². The molecule has 1 aliphatic rings. The smallest absolute Gasteiger partial charge is 0.241 e. The summed E-state index contributed by atoms with van der Waals surface area (Å²) < 4.78 is 13.1. The molecule has 1 saturated carbocycles. The second-order valence-electron chi connectivity index (χ2n) is 5.63. The lowest BCUT2D eigenvalue weighted by Crippen LogP contribution is -2.38. The van der Waals surface area contributed by atoms with Gasteiger partial charge >= 0.3 is 0 Å². The van der Waals surface area contributed by atoms with Crippen LogP contribution in [0.15, 0.2) is 54.6 Å². The van der Waals surface area contributed by atoms with Gasteiger partial charge in [0.1, 0.15) is 11.9 Å². The normalized spacial score (nSPS) is 15.3. The van der Waals surface area contributed by atoms with Gasteiger partial charge in [0.15, 0.2) is 0 Å². The number of hydrogen-bond acceptors (Lipinski definition) is 2. The molecule has 0 aliphatic heterocycles. The zero-order valence-electron chi connectivity index (χ0n) is 12.3. The van der Waals surface area contributed by atoms with Crippen molar-refractivity contribution in [2.75, 3.05) is 0 Å². The van der Waals surface area contributed by atoms with E-state index in [-0.39, 0.29) is 11.7 Å². The van der Waals surface area contributed by atoms with Crippen molar-refractivity contribution >= 4 is 5.91 Å². The number of halogens is 1. The van der Waals surface area contributed by atoms with E-state index in [4.69, 9.17) is 0 Å². The Morgan fingerprint density at radius 3 is 2.41 bits per heavy atom. The SMILES string of the molecule is O=C(NC1CC1)[C@@H](NCc1ccccc1)c1ccc(F)cc1. The Morgan fingerprint density at radius 2 is 1.77 bits per heavy atom. The minimum atomic E-state index is -0.471. The molecule has 1 atom stereocenters. The fraction of sp³-hybridized carbons (Fsp3) is 0.278. The molecule has 0 heterocycles. The number of benzene rings is 2. The van der Waals surface area contributed by atoms with E-state index in [0.717, 1.165) is 24.0 Å². The van der Waals surface area contributed by atoms with Crippen LogP contribution in [0.2, 0.25) is 0 Å². The summed E-state index contributed by atoms with van der Waals surface area (Å²) in [5, 5.41) is 6.28. The quantitative estimate of drug-likeness (QED) is 0.861. The van der Waals surface area contributed by atoms with Gasteiger partial charge in [-0.15, -0.1) is 0 Å². The summed E-state index contributed by atoms with van der Waals surface area (Å²) >= 11 is 0. The molecule has 3 nitrogen and oxygen atoms in total. The van der Waals surface area contributed by atoms with E-state index in [1.54, 1.807) is 12.1 Å². The highest BCUT2D eigenvalue weighted by Crippen LogP contribution is 2.21. The lowest BCUT2D eigenvalue weighted by Gasteiger charge is -2.19. The van der Waals surface area contributed by atoms with Gasteiger partial charge < -0.3 is 5.32 Å². The first kappa shape index (κ1) is 14.7. The molecule has 2 aromatic rings. The first-order chi connectivity index (χ1) is 10.7. The summed E-state index contributed by atoms with van der Waals surface area (Å²) in [4.78, 5) is 12.4. The maximum atomic E-state index is 13.1. The van der Waals surface area contributed by atoms with Gasteiger partial charge in [0.2, 0.25) is 5.91 Å². The molecule has 0 unspecified atom stereocenters. The highest BCUT2D eigenvalue weighted by Gasteiger charge is 2.28. The van der Waals surface area contributed by atoms with Crippen molar-refractivity contribution in [3.63, 3.8) is 0 Å². The maximum absolute atomic E-state index is 13.1. The van der Waals surface area contributed by atoms with Gasteiger partial charge in [-0.05, 0) is 36.1 Å². The third-order valence-corrected chi connectivity index (χ3v) is 3.74. The highest BCUT2D eigenvalue weighted by molar-refractivity contribution is 5.83. The van der Waals surface area contributed by atoms with Crippen LogP contribution in [0, 0.1) is 5.82 Å². The minimum absolute atomic E-state index is 0.0509. The van der Waals surface area contributed by atoms with Crippen LogP contribution in [0.25, 0.3) is 0 Å². The minimum Gasteiger partial charge on any atom is -0.352 e. The molecule has 114 valence electrons. The number of carbonyl (C=O) groups is 1. The van der Waals surface area contributed by atoms with Crippen molar-refractivity contribution in [2.45, 2.75) is 31.5 Å². The average Bonchev–Trinajstić information content (AvgIpc) is 3.34. The van der Waals surface area contributed by atoms with Crippen molar-refractivity contribution in [2.24, 2.45) is 0 Å². The van der Waals surface area contributed by atoms with Crippen LogP contribution in [0.3, 0.4) is 0 Å². The molecule has 0 saturated heterocycles. The monoisotopic (exact) mass is 298 g/mol. The molecule has 22 heavy (non-hydrogen) atoms. The van der Waals surface area contributed by atoms with E-state index in [2.05, 4.69) is 10.6 Å². The van der Waals surface area contributed by atoms with Gasteiger partial charge in [-0.25, -0.2) is 4.39 Å². The fourth-order valence-corrected chi connectivity index (χ4v) is 2.35. The van der Waals surface area contributed by atoms with Crippen LogP contribution in [0.1, 0.15) is 30.0 Å². The standard InChI is InChI=1S/C18H19FN2O/c19-15-8-6-14(7-9-15)17(18(22)21-16-10-11-16)20-12-13-4-2-1-3-5-13/h1-9,16-17,20H,10-12H2,(H,21,22)/t17-/m0/s1. The second kappa shape index (κ2) is 6.71. The van der Waals surface area contributed by atoms with Gasteiger partial charge in [-0.2, -0.15) is 0 Å².